The van der Waals surface area contributed by atoms with Crippen LogP contribution in [0.3, 0.4) is 0 Å². The van der Waals surface area contributed by atoms with Crippen molar-refractivity contribution in [2.75, 3.05) is 18.5 Å². The molecule has 2 amide bonds. The summed E-state index contributed by atoms with van der Waals surface area (Å²) in [5.74, 6) is 0.723. The lowest BCUT2D eigenvalue weighted by Crippen LogP contribution is -2.31. The molecule has 0 aliphatic heterocycles. The zero-order valence-corrected chi connectivity index (χ0v) is 12.8. The molecule has 2 aromatic carbocycles. The van der Waals surface area contributed by atoms with E-state index in [1.807, 2.05) is 30.3 Å². The zero-order valence-electron chi connectivity index (χ0n) is 12.8. The number of urea groups is 1. The van der Waals surface area contributed by atoms with Crippen LogP contribution in [0.4, 0.5) is 23.7 Å². The van der Waals surface area contributed by atoms with Gasteiger partial charge in [-0.15, -0.1) is 0 Å². The number of amides is 2. The van der Waals surface area contributed by atoms with E-state index in [1.54, 1.807) is 0 Å². The van der Waals surface area contributed by atoms with E-state index in [-0.39, 0.29) is 12.2 Å². The Balaban J connectivity index is 1.74. The summed E-state index contributed by atoms with van der Waals surface area (Å²) >= 11 is 0. The van der Waals surface area contributed by atoms with Gasteiger partial charge in [0.15, 0.2) is 0 Å². The molecule has 0 bridgehead atoms. The Morgan fingerprint density at radius 3 is 2.38 bits per heavy atom. The van der Waals surface area contributed by atoms with Crippen LogP contribution in [0.15, 0.2) is 54.6 Å². The number of benzene rings is 2. The minimum Gasteiger partial charge on any atom is -0.494 e. The fourth-order valence-electron chi connectivity index (χ4n) is 1.99. The van der Waals surface area contributed by atoms with Crippen molar-refractivity contribution in [3.05, 3.63) is 60.2 Å². The number of carbonyl (C=O) groups is 1. The van der Waals surface area contributed by atoms with Gasteiger partial charge in [-0.25, -0.2) is 4.79 Å². The van der Waals surface area contributed by atoms with E-state index in [4.69, 9.17) is 4.74 Å². The summed E-state index contributed by atoms with van der Waals surface area (Å²) in [7, 11) is 0. The molecule has 0 atom stereocenters. The molecule has 2 rings (SSSR count). The fraction of sp³-hybridized carbons (Fsp3) is 0.235. The predicted octanol–water partition coefficient (Wildman–Crippen LogP) is 4.30. The summed E-state index contributed by atoms with van der Waals surface area (Å²) in [5, 5.41) is 4.71. The lowest BCUT2D eigenvalue weighted by molar-refractivity contribution is -0.136. The molecule has 128 valence electrons. The molecule has 24 heavy (non-hydrogen) atoms. The van der Waals surface area contributed by atoms with Gasteiger partial charge in [0, 0.05) is 6.54 Å². The van der Waals surface area contributed by atoms with Gasteiger partial charge in [-0.05, 0) is 30.7 Å². The molecule has 0 unspecified atom stereocenters. The van der Waals surface area contributed by atoms with Gasteiger partial charge in [0.2, 0.25) is 0 Å². The fourth-order valence-corrected chi connectivity index (χ4v) is 1.99. The van der Waals surface area contributed by atoms with Crippen LogP contribution in [-0.2, 0) is 6.18 Å². The van der Waals surface area contributed by atoms with Crippen LogP contribution >= 0.6 is 0 Å². The van der Waals surface area contributed by atoms with E-state index < -0.39 is 17.8 Å². The molecule has 4 nitrogen and oxygen atoms in total. The normalized spacial score (nSPS) is 11.0. The maximum absolute atomic E-state index is 12.8. The Labute approximate surface area is 137 Å². The van der Waals surface area contributed by atoms with Gasteiger partial charge >= 0.3 is 12.2 Å². The molecular weight excluding hydrogens is 321 g/mol. The van der Waals surface area contributed by atoms with Crippen molar-refractivity contribution in [1.82, 2.24) is 5.32 Å². The van der Waals surface area contributed by atoms with Crippen LogP contribution < -0.4 is 15.4 Å². The Kier molecular flexibility index (Phi) is 6.06. The van der Waals surface area contributed by atoms with Crippen molar-refractivity contribution in [3.63, 3.8) is 0 Å². The molecule has 0 aliphatic rings. The zero-order chi connectivity index (χ0) is 17.4. The Morgan fingerprint density at radius 1 is 1.00 bits per heavy atom. The standard InChI is InChI=1S/C17H17F3N2O2/c18-17(19,20)14-9-4-5-10-15(14)22-16(23)21-11-6-12-24-13-7-2-1-3-8-13/h1-5,7-10H,6,11-12H2,(H2,21,22,23). The lowest BCUT2D eigenvalue weighted by Gasteiger charge is -2.14. The number of rotatable bonds is 6. The van der Waals surface area contributed by atoms with Crippen molar-refractivity contribution in [1.29, 1.82) is 0 Å². The van der Waals surface area contributed by atoms with Gasteiger partial charge in [0.1, 0.15) is 5.75 Å². The number of para-hydroxylation sites is 2. The number of hydrogen-bond donors (Lipinski definition) is 2. The summed E-state index contributed by atoms with van der Waals surface area (Å²) in [6.45, 7) is 0.677. The molecule has 7 heteroatoms. The van der Waals surface area contributed by atoms with E-state index in [0.29, 0.717) is 13.0 Å². The van der Waals surface area contributed by atoms with Gasteiger partial charge < -0.3 is 15.4 Å². The summed E-state index contributed by atoms with van der Waals surface area (Å²) in [6.07, 6.45) is -3.99. The Morgan fingerprint density at radius 2 is 1.67 bits per heavy atom. The number of hydrogen-bond acceptors (Lipinski definition) is 2. The van der Waals surface area contributed by atoms with Crippen LogP contribution in [0.2, 0.25) is 0 Å². The number of carbonyl (C=O) groups excluding carboxylic acids is 1. The average molecular weight is 338 g/mol. The first-order chi connectivity index (χ1) is 11.5. The first kappa shape index (κ1) is 17.7. The third kappa shape index (κ3) is 5.49. The van der Waals surface area contributed by atoms with Gasteiger partial charge in [-0.3, -0.25) is 0 Å². The van der Waals surface area contributed by atoms with E-state index in [1.165, 1.54) is 18.2 Å². The molecule has 0 heterocycles. The maximum Gasteiger partial charge on any atom is 0.418 e. The highest BCUT2D eigenvalue weighted by atomic mass is 19.4. The van der Waals surface area contributed by atoms with Crippen molar-refractivity contribution < 1.29 is 22.7 Å². The van der Waals surface area contributed by atoms with Crippen LogP contribution in [-0.4, -0.2) is 19.2 Å². The topological polar surface area (TPSA) is 50.4 Å². The van der Waals surface area contributed by atoms with E-state index in [9.17, 15) is 18.0 Å². The monoisotopic (exact) mass is 338 g/mol. The first-order valence-corrected chi connectivity index (χ1v) is 7.36. The third-order valence-electron chi connectivity index (χ3n) is 3.10. The molecule has 0 aliphatic carbocycles. The average Bonchev–Trinajstić information content (AvgIpc) is 2.55. The third-order valence-corrected chi connectivity index (χ3v) is 3.10. The summed E-state index contributed by atoms with van der Waals surface area (Å²) < 4.78 is 43.9. The summed E-state index contributed by atoms with van der Waals surface area (Å²) in [6, 6.07) is 13.3. The van der Waals surface area contributed by atoms with Gasteiger partial charge in [-0.2, -0.15) is 13.2 Å². The second kappa shape index (κ2) is 8.24. The highest BCUT2D eigenvalue weighted by molar-refractivity contribution is 5.90. The molecular formula is C17H17F3N2O2. The summed E-state index contributed by atoms with van der Waals surface area (Å²) in [4.78, 5) is 11.7. The van der Waals surface area contributed by atoms with E-state index >= 15 is 0 Å². The van der Waals surface area contributed by atoms with Crippen molar-refractivity contribution in [2.24, 2.45) is 0 Å². The van der Waals surface area contributed by atoms with Crippen molar-refractivity contribution >= 4 is 11.7 Å². The minimum atomic E-state index is -4.52. The maximum atomic E-state index is 12.8. The number of nitrogens with one attached hydrogen (secondary N) is 2. The molecule has 0 radical (unpaired) electrons. The Hall–Kier alpha value is -2.70. The number of alkyl halides is 3. The number of anilines is 1. The largest absolute Gasteiger partial charge is 0.494 e. The SMILES string of the molecule is O=C(NCCCOc1ccccc1)Nc1ccccc1C(F)(F)F. The highest BCUT2D eigenvalue weighted by Gasteiger charge is 2.33. The number of halogens is 3. The molecule has 0 saturated heterocycles. The number of ether oxygens (including phenoxy) is 1. The second-order valence-electron chi connectivity index (χ2n) is 4.94. The van der Waals surface area contributed by atoms with Crippen LogP contribution in [0.25, 0.3) is 0 Å². The molecule has 2 aromatic rings. The quantitative estimate of drug-likeness (QED) is 0.772. The van der Waals surface area contributed by atoms with Crippen LogP contribution in [0.1, 0.15) is 12.0 Å². The van der Waals surface area contributed by atoms with E-state index in [2.05, 4.69) is 10.6 Å². The summed E-state index contributed by atoms with van der Waals surface area (Å²) in [5.41, 5.74) is -1.16. The van der Waals surface area contributed by atoms with E-state index in [0.717, 1.165) is 11.8 Å². The predicted molar refractivity (Wildman–Crippen MR) is 85.0 cm³/mol. The van der Waals surface area contributed by atoms with Gasteiger partial charge in [-0.1, -0.05) is 30.3 Å². The lowest BCUT2D eigenvalue weighted by atomic mass is 10.1. The van der Waals surface area contributed by atoms with Gasteiger partial charge in [0.05, 0.1) is 17.9 Å². The molecule has 0 fully saturated rings. The minimum absolute atomic E-state index is 0.275. The van der Waals surface area contributed by atoms with Crippen LogP contribution in [0, 0.1) is 0 Å². The second-order valence-corrected chi connectivity index (χ2v) is 4.94. The van der Waals surface area contributed by atoms with Gasteiger partial charge in [0.25, 0.3) is 0 Å². The highest BCUT2D eigenvalue weighted by Crippen LogP contribution is 2.34. The van der Waals surface area contributed by atoms with Crippen LogP contribution in [0.5, 0.6) is 5.75 Å². The first-order valence-electron chi connectivity index (χ1n) is 7.36. The smallest absolute Gasteiger partial charge is 0.418 e. The van der Waals surface area contributed by atoms with Crippen molar-refractivity contribution in [2.45, 2.75) is 12.6 Å². The molecule has 0 spiro atoms. The van der Waals surface area contributed by atoms with Crippen molar-refractivity contribution in [3.8, 4) is 5.75 Å². The molecule has 2 N–H and O–H groups in total. The molecule has 0 saturated carbocycles. The molecule has 0 aromatic heterocycles. The Bertz CT molecular complexity index is 660.